The minimum Gasteiger partial charge on any atom is -0.479 e. The first-order valence-corrected chi connectivity index (χ1v) is 5.47. The fourth-order valence-corrected chi connectivity index (χ4v) is 2.66. The molecule has 1 rings (SSSR count). The normalized spacial score (nSPS) is 12.2. The Morgan fingerprint density at radius 2 is 1.81 bits per heavy atom. The number of hydrogen-bond acceptors (Lipinski definition) is 4. The van der Waals surface area contributed by atoms with Crippen molar-refractivity contribution in [3.63, 3.8) is 0 Å². The maximum Gasteiger partial charge on any atom is 0.337 e. The number of rotatable bonds is 3. The van der Waals surface area contributed by atoms with Gasteiger partial charge in [0.1, 0.15) is 0 Å². The van der Waals surface area contributed by atoms with Crippen LogP contribution in [0.15, 0.2) is 21.1 Å². The molecule has 0 aliphatic carbocycles. The van der Waals surface area contributed by atoms with Crippen molar-refractivity contribution in [2.45, 2.75) is 6.10 Å². The third kappa shape index (κ3) is 2.57. The van der Waals surface area contributed by atoms with Crippen LogP contribution in [0.5, 0.6) is 0 Å². The van der Waals surface area contributed by atoms with Gasteiger partial charge in [0.15, 0.2) is 6.10 Å². The van der Waals surface area contributed by atoms with Crippen LogP contribution in [-0.4, -0.2) is 21.1 Å². The minimum atomic E-state index is -1.75. The molecule has 0 bridgehead atoms. The number of nitro groups is 1. The highest BCUT2D eigenvalue weighted by Crippen LogP contribution is 2.34. The van der Waals surface area contributed by atoms with Gasteiger partial charge in [0.25, 0.3) is 5.69 Å². The lowest BCUT2D eigenvalue weighted by atomic mass is 10.1. The zero-order chi connectivity index (χ0) is 12.5. The summed E-state index contributed by atoms with van der Waals surface area (Å²) in [7, 11) is 0. The highest BCUT2D eigenvalue weighted by molar-refractivity contribution is 9.11. The number of benzene rings is 1. The van der Waals surface area contributed by atoms with Gasteiger partial charge in [0.05, 0.1) is 4.92 Å². The summed E-state index contributed by atoms with van der Waals surface area (Å²) in [6.45, 7) is 0. The van der Waals surface area contributed by atoms with E-state index in [0.717, 1.165) is 12.1 Å². The van der Waals surface area contributed by atoms with E-state index in [1.54, 1.807) is 0 Å². The molecule has 0 heterocycles. The van der Waals surface area contributed by atoms with Gasteiger partial charge in [0, 0.05) is 26.6 Å². The molecule has 0 aliphatic rings. The van der Waals surface area contributed by atoms with Gasteiger partial charge >= 0.3 is 5.97 Å². The van der Waals surface area contributed by atoms with Crippen molar-refractivity contribution < 1.29 is 19.9 Å². The molecule has 0 aromatic heterocycles. The van der Waals surface area contributed by atoms with Crippen LogP contribution in [-0.2, 0) is 4.79 Å². The SMILES string of the molecule is O=C(O)C(O)c1c(Br)cc([N+](=O)[O-])cc1Br. The molecule has 0 fully saturated rings. The number of nitrogens with zero attached hydrogens (tertiary/aromatic N) is 1. The zero-order valence-electron chi connectivity index (χ0n) is 7.55. The first kappa shape index (κ1) is 13.1. The molecule has 1 unspecified atom stereocenters. The van der Waals surface area contributed by atoms with Crippen molar-refractivity contribution in [2.75, 3.05) is 0 Å². The maximum absolute atomic E-state index is 10.6. The highest BCUT2D eigenvalue weighted by Gasteiger charge is 2.24. The lowest BCUT2D eigenvalue weighted by Gasteiger charge is -2.10. The molecule has 86 valence electrons. The molecule has 2 N–H and O–H groups in total. The van der Waals surface area contributed by atoms with E-state index in [9.17, 15) is 20.0 Å². The van der Waals surface area contributed by atoms with E-state index in [2.05, 4.69) is 31.9 Å². The molecule has 16 heavy (non-hydrogen) atoms. The average Bonchev–Trinajstić information content (AvgIpc) is 2.15. The molecule has 8 heteroatoms. The van der Waals surface area contributed by atoms with E-state index in [1.807, 2.05) is 0 Å². The molecule has 0 amide bonds. The van der Waals surface area contributed by atoms with Crippen LogP contribution in [0.2, 0.25) is 0 Å². The molecule has 1 aromatic rings. The molecule has 1 aromatic carbocycles. The second-order valence-corrected chi connectivity index (χ2v) is 4.53. The van der Waals surface area contributed by atoms with Crippen LogP contribution >= 0.6 is 31.9 Å². The smallest absolute Gasteiger partial charge is 0.337 e. The third-order valence-electron chi connectivity index (χ3n) is 1.78. The van der Waals surface area contributed by atoms with E-state index in [-0.39, 0.29) is 20.2 Å². The Balaban J connectivity index is 3.33. The second kappa shape index (κ2) is 4.89. The second-order valence-electron chi connectivity index (χ2n) is 2.82. The molecule has 1 atom stereocenters. The fourth-order valence-electron chi connectivity index (χ4n) is 1.06. The van der Waals surface area contributed by atoms with Crippen molar-refractivity contribution in [1.29, 1.82) is 0 Å². The first-order valence-electron chi connectivity index (χ1n) is 3.88. The highest BCUT2D eigenvalue weighted by atomic mass is 79.9. The topological polar surface area (TPSA) is 101 Å². The maximum atomic E-state index is 10.6. The number of hydrogen-bond donors (Lipinski definition) is 2. The van der Waals surface area contributed by atoms with Gasteiger partial charge in [0.2, 0.25) is 0 Å². The van der Waals surface area contributed by atoms with Crippen molar-refractivity contribution in [1.82, 2.24) is 0 Å². The van der Waals surface area contributed by atoms with Crippen LogP contribution < -0.4 is 0 Å². The molecular weight excluding hydrogens is 350 g/mol. The number of aliphatic carboxylic acids is 1. The van der Waals surface area contributed by atoms with Crippen LogP contribution in [0.1, 0.15) is 11.7 Å². The largest absolute Gasteiger partial charge is 0.479 e. The molecule has 0 aliphatic heterocycles. The molecular formula is C8H5Br2NO5. The van der Waals surface area contributed by atoms with Gasteiger partial charge in [-0.1, -0.05) is 31.9 Å². The van der Waals surface area contributed by atoms with Crippen LogP contribution in [0, 0.1) is 10.1 Å². The number of aliphatic hydroxyl groups is 1. The summed E-state index contributed by atoms with van der Waals surface area (Å²) in [6, 6.07) is 2.26. The van der Waals surface area contributed by atoms with Gasteiger partial charge in [-0.25, -0.2) is 4.79 Å². The molecule has 0 saturated heterocycles. The molecule has 6 nitrogen and oxygen atoms in total. The Hall–Kier alpha value is -0.990. The Morgan fingerprint density at radius 3 is 2.12 bits per heavy atom. The van der Waals surface area contributed by atoms with Crippen molar-refractivity contribution in [3.05, 3.63) is 36.8 Å². The lowest BCUT2D eigenvalue weighted by molar-refractivity contribution is -0.385. The molecule has 0 saturated carbocycles. The number of carboxylic acids is 1. The molecule has 0 radical (unpaired) electrons. The van der Waals surface area contributed by atoms with Gasteiger partial charge in [-0.3, -0.25) is 10.1 Å². The van der Waals surface area contributed by atoms with Gasteiger partial charge in [-0.15, -0.1) is 0 Å². The summed E-state index contributed by atoms with van der Waals surface area (Å²) in [4.78, 5) is 20.5. The fraction of sp³-hybridized carbons (Fsp3) is 0.125. The predicted octanol–water partition coefficient (Wildman–Crippen LogP) is 2.24. The van der Waals surface area contributed by atoms with E-state index in [4.69, 9.17) is 5.11 Å². The van der Waals surface area contributed by atoms with Crippen LogP contribution in [0.25, 0.3) is 0 Å². The minimum absolute atomic E-state index is 0.0399. The number of nitro benzene ring substituents is 1. The van der Waals surface area contributed by atoms with Crippen molar-refractivity contribution in [2.24, 2.45) is 0 Å². The van der Waals surface area contributed by atoms with E-state index in [1.165, 1.54) is 0 Å². The number of carbonyl (C=O) groups is 1. The quantitative estimate of drug-likeness (QED) is 0.640. The van der Waals surface area contributed by atoms with Crippen LogP contribution in [0.4, 0.5) is 5.69 Å². The summed E-state index contributed by atoms with van der Waals surface area (Å²) >= 11 is 5.95. The van der Waals surface area contributed by atoms with Crippen molar-refractivity contribution in [3.8, 4) is 0 Å². The van der Waals surface area contributed by atoms with Gasteiger partial charge in [-0.2, -0.15) is 0 Å². The van der Waals surface area contributed by atoms with E-state index in [0.29, 0.717) is 0 Å². The Kier molecular flexibility index (Phi) is 4.00. The Labute approximate surface area is 106 Å². The number of halogens is 2. The summed E-state index contributed by atoms with van der Waals surface area (Å²) in [5.41, 5.74) is -0.168. The zero-order valence-corrected chi connectivity index (χ0v) is 10.7. The first-order chi connectivity index (χ1) is 7.34. The third-order valence-corrected chi connectivity index (χ3v) is 3.09. The summed E-state index contributed by atoms with van der Waals surface area (Å²) < 4.78 is 0.312. The summed E-state index contributed by atoms with van der Waals surface area (Å²) in [6.07, 6.45) is -1.75. The van der Waals surface area contributed by atoms with E-state index < -0.39 is 17.0 Å². The van der Waals surface area contributed by atoms with Gasteiger partial charge in [-0.05, 0) is 0 Å². The Bertz CT molecular complexity index is 439. The number of non-ortho nitro benzene ring substituents is 1. The average molecular weight is 355 g/mol. The van der Waals surface area contributed by atoms with Gasteiger partial charge < -0.3 is 10.2 Å². The van der Waals surface area contributed by atoms with E-state index >= 15 is 0 Å². The summed E-state index contributed by atoms with van der Waals surface area (Å²) in [5, 5.41) is 28.5. The van der Waals surface area contributed by atoms with Crippen LogP contribution in [0.3, 0.4) is 0 Å². The number of aliphatic hydroxyl groups excluding tert-OH is 1. The lowest BCUT2D eigenvalue weighted by Crippen LogP contribution is -2.12. The van der Waals surface area contributed by atoms with Crippen molar-refractivity contribution >= 4 is 43.5 Å². The number of carboxylic acid groups (broad SMARTS) is 1. The Morgan fingerprint density at radius 1 is 1.38 bits per heavy atom. The molecule has 0 spiro atoms. The summed E-state index contributed by atoms with van der Waals surface area (Å²) in [5.74, 6) is -1.43. The standard InChI is InChI=1S/C8H5Br2NO5/c9-4-1-3(11(15)16)2-5(10)6(4)7(12)8(13)14/h1-2,7,12H,(H,13,14). The monoisotopic (exact) mass is 353 g/mol. The predicted molar refractivity (Wildman–Crippen MR) is 61.1 cm³/mol.